The fourth-order valence-corrected chi connectivity index (χ4v) is 7.24. The summed E-state index contributed by atoms with van der Waals surface area (Å²) in [4.78, 5) is 15.3. The van der Waals surface area contributed by atoms with Crippen LogP contribution >= 0.6 is 0 Å². The van der Waals surface area contributed by atoms with E-state index >= 15 is 0 Å². The Balaban J connectivity index is 1.39. The van der Waals surface area contributed by atoms with Gasteiger partial charge in [-0.05, 0) is 37.1 Å². The van der Waals surface area contributed by atoms with E-state index in [0.717, 1.165) is 0 Å². The average molecular weight is 478 g/mol. The molecule has 0 spiro atoms. The van der Waals surface area contributed by atoms with Crippen LogP contribution in [0.5, 0.6) is 0 Å². The normalized spacial score (nSPS) is 21.4. The van der Waals surface area contributed by atoms with Gasteiger partial charge in [0.1, 0.15) is 0 Å². The number of nitrogens with zero attached hydrogens (tertiary/aromatic N) is 3. The number of carbonyl (C=O) groups excluding carboxylic acids is 1. The maximum Gasteiger partial charge on any atom is 0.243 e. The minimum Gasteiger partial charge on any atom is -0.340 e. The van der Waals surface area contributed by atoms with E-state index in [-0.39, 0.29) is 35.3 Å². The Bertz CT molecular complexity index is 1150. The highest BCUT2D eigenvalue weighted by Gasteiger charge is 2.37. The Morgan fingerprint density at radius 3 is 1.72 bits per heavy atom. The van der Waals surface area contributed by atoms with E-state index in [1.807, 2.05) is 0 Å². The van der Waals surface area contributed by atoms with Crippen LogP contribution in [0.25, 0.3) is 0 Å². The molecule has 2 aliphatic rings. The number of amides is 1. The molecule has 2 fully saturated rings. The summed E-state index contributed by atoms with van der Waals surface area (Å²) in [5.41, 5.74) is 0. The minimum atomic E-state index is -3.64. The number of hydrogen-bond donors (Lipinski definition) is 0. The molecule has 0 N–H and O–H groups in total. The molecule has 2 aromatic carbocycles. The van der Waals surface area contributed by atoms with Gasteiger partial charge in [0.05, 0.1) is 15.7 Å². The number of hydrogen-bond acceptors (Lipinski definition) is 5. The van der Waals surface area contributed by atoms with Crippen molar-refractivity contribution in [2.75, 3.05) is 39.3 Å². The Morgan fingerprint density at radius 2 is 1.19 bits per heavy atom. The van der Waals surface area contributed by atoms with Gasteiger partial charge in [0, 0.05) is 39.3 Å². The Hall–Kier alpha value is -2.27. The predicted molar refractivity (Wildman–Crippen MR) is 120 cm³/mol. The second-order valence-electron chi connectivity index (χ2n) is 8.06. The molecule has 10 heteroatoms. The van der Waals surface area contributed by atoms with Gasteiger partial charge in [0.25, 0.3) is 0 Å². The van der Waals surface area contributed by atoms with E-state index in [1.165, 1.54) is 8.61 Å². The van der Waals surface area contributed by atoms with Crippen molar-refractivity contribution in [3.8, 4) is 0 Å². The summed E-state index contributed by atoms with van der Waals surface area (Å²) in [5, 5.41) is 0. The van der Waals surface area contributed by atoms with E-state index in [2.05, 4.69) is 0 Å². The van der Waals surface area contributed by atoms with Crippen molar-refractivity contribution < 1.29 is 21.6 Å². The standard InChI is InChI=1S/C22H27N3O5S2/c26-22(19-8-7-13-25(18-19)32(29,30)21-11-5-2-6-12-21)23-14-16-24(17-15-23)31(27,28)20-9-3-1-4-10-20/h1-6,9-12,19H,7-8,13-18H2/t19-/m1/s1. The van der Waals surface area contributed by atoms with Crippen LogP contribution in [-0.2, 0) is 24.8 Å². The van der Waals surface area contributed by atoms with Crippen molar-refractivity contribution in [3.05, 3.63) is 60.7 Å². The summed E-state index contributed by atoms with van der Waals surface area (Å²) < 4.78 is 54.3. The monoisotopic (exact) mass is 477 g/mol. The summed E-state index contributed by atoms with van der Waals surface area (Å²) in [7, 11) is -7.23. The molecule has 0 bridgehead atoms. The molecule has 32 heavy (non-hydrogen) atoms. The van der Waals surface area contributed by atoms with Crippen LogP contribution in [-0.4, -0.2) is 75.5 Å². The molecule has 0 unspecified atom stereocenters. The molecule has 2 aromatic rings. The predicted octanol–water partition coefficient (Wildman–Crippen LogP) is 1.62. The lowest BCUT2D eigenvalue weighted by Crippen LogP contribution is -2.54. The smallest absolute Gasteiger partial charge is 0.243 e. The van der Waals surface area contributed by atoms with E-state index in [1.54, 1.807) is 65.6 Å². The van der Waals surface area contributed by atoms with Crippen LogP contribution in [0.3, 0.4) is 0 Å². The van der Waals surface area contributed by atoms with Gasteiger partial charge in [-0.25, -0.2) is 16.8 Å². The lowest BCUT2D eigenvalue weighted by molar-refractivity contribution is -0.137. The molecule has 1 atom stereocenters. The zero-order valence-corrected chi connectivity index (χ0v) is 19.3. The van der Waals surface area contributed by atoms with Gasteiger partial charge in [0.15, 0.2) is 0 Å². The highest BCUT2D eigenvalue weighted by atomic mass is 32.2. The highest BCUT2D eigenvalue weighted by molar-refractivity contribution is 7.89. The molecular formula is C22H27N3O5S2. The average Bonchev–Trinajstić information content (AvgIpc) is 2.85. The topological polar surface area (TPSA) is 95.1 Å². The number of carbonyl (C=O) groups is 1. The van der Waals surface area contributed by atoms with Gasteiger partial charge in [-0.1, -0.05) is 36.4 Å². The Morgan fingerprint density at radius 1 is 0.688 bits per heavy atom. The van der Waals surface area contributed by atoms with Gasteiger partial charge < -0.3 is 4.90 Å². The first-order valence-electron chi connectivity index (χ1n) is 10.7. The van der Waals surface area contributed by atoms with Gasteiger partial charge in [0.2, 0.25) is 26.0 Å². The van der Waals surface area contributed by atoms with Crippen LogP contribution in [0, 0.1) is 5.92 Å². The van der Waals surface area contributed by atoms with Crippen LogP contribution in [0.15, 0.2) is 70.5 Å². The van der Waals surface area contributed by atoms with Crippen LogP contribution in [0.1, 0.15) is 12.8 Å². The molecule has 1 amide bonds. The van der Waals surface area contributed by atoms with E-state index in [4.69, 9.17) is 0 Å². The summed E-state index contributed by atoms with van der Waals surface area (Å²) in [5.74, 6) is -0.519. The lowest BCUT2D eigenvalue weighted by atomic mass is 9.98. The summed E-state index contributed by atoms with van der Waals surface area (Å²) in [6, 6.07) is 16.5. The number of sulfonamides is 2. The van der Waals surface area contributed by atoms with E-state index in [9.17, 15) is 21.6 Å². The van der Waals surface area contributed by atoms with Crippen molar-refractivity contribution in [3.63, 3.8) is 0 Å². The number of benzene rings is 2. The maximum absolute atomic E-state index is 13.1. The molecular weight excluding hydrogens is 450 g/mol. The highest BCUT2D eigenvalue weighted by Crippen LogP contribution is 2.26. The molecule has 8 nitrogen and oxygen atoms in total. The van der Waals surface area contributed by atoms with Crippen molar-refractivity contribution in [1.82, 2.24) is 13.5 Å². The van der Waals surface area contributed by atoms with Crippen molar-refractivity contribution in [2.45, 2.75) is 22.6 Å². The van der Waals surface area contributed by atoms with Crippen molar-refractivity contribution >= 4 is 26.0 Å². The minimum absolute atomic E-state index is 0.102. The second kappa shape index (κ2) is 9.30. The summed E-state index contributed by atoms with van der Waals surface area (Å²) in [6.45, 7) is 1.59. The summed E-state index contributed by atoms with van der Waals surface area (Å²) in [6.07, 6.45) is 1.24. The fourth-order valence-electron chi connectivity index (χ4n) is 4.25. The first-order chi connectivity index (χ1) is 15.3. The lowest BCUT2D eigenvalue weighted by Gasteiger charge is -2.38. The van der Waals surface area contributed by atoms with E-state index < -0.39 is 26.0 Å². The zero-order chi connectivity index (χ0) is 22.8. The molecule has 4 rings (SSSR count). The van der Waals surface area contributed by atoms with Gasteiger partial charge in [-0.2, -0.15) is 8.61 Å². The Labute approximate surface area is 189 Å². The third kappa shape index (κ3) is 4.59. The second-order valence-corrected chi connectivity index (χ2v) is 11.9. The van der Waals surface area contributed by atoms with Crippen LogP contribution in [0.4, 0.5) is 0 Å². The fraction of sp³-hybridized carbons (Fsp3) is 0.409. The molecule has 0 saturated carbocycles. The molecule has 2 saturated heterocycles. The van der Waals surface area contributed by atoms with E-state index in [0.29, 0.717) is 32.5 Å². The molecule has 0 aromatic heterocycles. The van der Waals surface area contributed by atoms with Gasteiger partial charge in [-0.3, -0.25) is 4.79 Å². The Kier molecular flexibility index (Phi) is 6.66. The molecule has 2 heterocycles. The van der Waals surface area contributed by atoms with Crippen molar-refractivity contribution in [2.24, 2.45) is 5.92 Å². The van der Waals surface area contributed by atoms with Crippen LogP contribution < -0.4 is 0 Å². The van der Waals surface area contributed by atoms with Gasteiger partial charge >= 0.3 is 0 Å². The van der Waals surface area contributed by atoms with Crippen LogP contribution in [0.2, 0.25) is 0 Å². The third-order valence-electron chi connectivity index (χ3n) is 6.05. The first-order valence-corrected chi connectivity index (χ1v) is 13.6. The largest absolute Gasteiger partial charge is 0.340 e. The molecule has 172 valence electrons. The zero-order valence-electron chi connectivity index (χ0n) is 17.7. The summed E-state index contributed by atoms with van der Waals surface area (Å²) >= 11 is 0. The maximum atomic E-state index is 13.1. The van der Waals surface area contributed by atoms with Crippen molar-refractivity contribution in [1.29, 1.82) is 0 Å². The molecule has 0 radical (unpaired) electrons. The number of piperazine rings is 1. The SMILES string of the molecule is O=C([C@@H]1CCCN(S(=O)(=O)c2ccccc2)C1)N1CCN(S(=O)(=O)c2ccccc2)CC1. The third-order valence-corrected chi connectivity index (χ3v) is 9.84. The quantitative estimate of drug-likeness (QED) is 0.652. The van der Waals surface area contributed by atoms with Gasteiger partial charge in [-0.15, -0.1) is 0 Å². The number of piperidine rings is 1. The number of rotatable bonds is 5. The first kappa shape index (κ1) is 22.9. The molecule has 0 aliphatic carbocycles. The molecule has 2 aliphatic heterocycles.